The van der Waals surface area contributed by atoms with Crippen LogP contribution < -0.4 is 10.1 Å². The van der Waals surface area contributed by atoms with Gasteiger partial charge in [-0.15, -0.1) is 0 Å². The molecule has 3 aromatic carbocycles. The summed E-state index contributed by atoms with van der Waals surface area (Å²) in [6.45, 7) is 0.391. The number of benzene rings is 3. The van der Waals surface area contributed by atoms with E-state index in [4.69, 9.17) is 4.74 Å². The molecule has 2 heterocycles. The average molecular weight is 442 g/mol. The van der Waals surface area contributed by atoms with Gasteiger partial charge in [0.25, 0.3) is 5.91 Å². The number of halogens is 2. The molecule has 33 heavy (non-hydrogen) atoms. The summed E-state index contributed by atoms with van der Waals surface area (Å²) in [4.78, 5) is 17.8. The number of nitrogens with one attached hydrogen (secondary N) is 1. The van der Waals surface area contributed by atoms with Crippen LogP contribution in [-0.2, 0) is 5.54 Å². The number of hydrogen-bond acceptors (Lipinski definition) is 3. The molecular formula is C27H20F2N2O2. The quantitative estimate of drug-likeness (QED) is 0.455. The Morgan fingerprint density at radius 3 is 2.12 bits per heavy atom. The van der Waals surface area contributed by atoms with Crippen molar-refractivity contribution in [1.82, 2.24) is 10.3 Å². The number of amides is 1. The number of carbonyl (C=O) groups excluding carboxylic acids is 1. The third-order valence-electron chi connectivity index (χ3n) is 5.90. The van der Waals surface area contributed by atoms with Crippen LogP contribution in [0.5, 0.6) is 5.75 Å². The number of hydrogen-bond donors (Lipinski definition) is 1. The van der Waals surface area contributed by atoms with E-state index in [1.807, 2.05) is 30.3 Å². The summed E-state index contributed by atoms with van der Waals surface area (Å²) in [6.07, 6.45) is 2.14. The molecule has 1 aliphatic rings. The minimum Gasteiger partial charge on any atom is -0.491 e. The molecule has 4 aromatic rings. The molecule has 1 amide bonds. The van der Waals surface area contributed by atoms with Gasteiger partial charge in [0, 0.05) is 18.2 Å². The van der Waals surface area contributed by atoms with Gasteiger partial charge in [-0.2, -0.15) is 0 Å². The molecule has 0 saturated heterocycles. The van der Waals surface area contributed by atoms with Crippen molar-refractivity contribution in [3.05, 3.63) is 120 Å². The number of ether oxygens (including phenoxy) is 1. The lowest BCUT2D eigenvalue weighted by molar-refractivity contribution is 0.0883. The lowest BCUT2D eigenvalue weighted by Gasteiger charge is -2.39. The fourth-order valence-electron chi connectivity index (χ4n) is 4.19. The highest BCUT2D eigenvalue weighted by Crippen LogP contribution is 2.41. The first-order valence-electron chi connectivity index (χ1n) is 10.6. The Morgan fingerprint density at radius 2 is 1.45 bits per heavy atom. The predicted molar refractivity (Wildman–Crippen MR) is 121 cm³/mol. The topological polar surface area (TPSA) is 51.2 Å². The summed E-state index contributed by atoms with van der Waals surface area (Å²) in [7, 11) is 0. The van der Waals surface area contributed by atoms with E-state index < -0.39 is 11.4 Å². The van der Waals surface area contributed by atoms with Crippen LogP contribution in [0.1, 0.15) is 28.0 Å². The van der Waals surface area contributed by atoms with E-state index in [2.05, 4.69) is 10.3 Å². The van der Waals surface area contributed by atoms with E-state index in [0.29, 0.717) is 30.0 Å². The van der Waals surface area contributed by atoms with Crippen molar-refractivity contribution >= 4 is 5.91 Å². The Hall–Kier alpha value is -4.06. The number of aromatic nitrogens is 1. The van der Waals surface area contributed by atoms with Gasteiger partial charge in [-0.1, -0.05) is 36.4 Å². The molecule has 164 valence electrons. The first-order valence-corrected chi connectivity index (χ1v) is 10.6. The lowest BCUT2D eigenvalue weighted by Crippen LogP contribution is -2.50. The van der Waals surface area contributed by atoms with Crippen LogP contribution in [0.3, 0.4) is 0 Å². The molecular weight excluding hydrogens is 422 g/mol. The van der Waals surface area contributed by atoms with Gasteiger partial charge in [-0.3, -0.25) is 9.78 Å². The molecule has 0 radical (unpaired) electrons. The fourth-order valence-corrected chi connectivity index (χ4v) is 4.19. The monoisotopic (exact) mass is 442 g/mol. The second-order valence-corrected chi connectivity index (χ2v) is 7.90. The first kappa shape index (κ1) is 20.8. The van der Waals surface area contributed by atoms with Crippen molar-refractivity contribution in [2.45, 2.75) is 12.0 Å². The molecule has 0 fully saturated rings. The Morgan fingerprint density at radius 1 is 0.848 bits per heavy atom. The van der Waals surface area contributed by atoms with Gasteiger partial charge >= 0.3 is 0 Å². The second-order valence-electron chi connectivity index (χ2n) is 7.90. The first-order chi connectivity index (χ1) is 16.0. The molecule has 1 aliphatic heterocycles. The van der Waals surface area contributed by atoms with Crippen molar-refractivity contribution in [2.24, 2.45) is 0 Å². The van der Waals surface area contributed by atoms with Gasteiger partial charge in [-0.05, 0) is 65.2 Å². The van der Waals surface area contributed by atoms with Crippen molar-refractivity contribution < 1.29 is 18.3 Å². The zero-order valence-electron chi connectivity index (χ0n) is 17.6. The van der Waals surface area contributed by atoms with Crippen molar-refractivity contribution in [1.29, 1.82) is 0 Å². The Balaban J connectivity index is 1.57. The van der Waals surface area contributed by atoms with E-state index in [0.717, 1.165) is 16.7 Å². The molecule has 5 rings (SSSR count). The maximum atomic E-state index is 13.4. The predicted octanol–water partition coefficient (Wildman–Crippen LogP) is 5.48. The molecule has 0 bridgehead atoms. The summed E-state index contributed by atoms with van der Waals surface area (Å²) in [5.41, 5.74) is 2.68. The fraction of sp³-hybridized carbons (Fsp3) is 0.111. The highest BCUT2D eigenvalue weighted by molar-refractivity contribution is 5.95. The summed E-state index contributed by atoms with van der Waals surface area (Å²) in [5.74, 6) is -0.430. The average Bonchev–Trinajstić information content (AvgIpc) is 2.85. The van der Waals surface area contributed by atoms with Gasteiger partial charge in [0.2, 0.25) is 0 Å². The molecule has 1 N–H and O–H groups in total. The normalized spacial score (nSPS) is 17.0. The minimum atomic E-state index is -0.929. The van der Waals surface area contributed by atoms with Crippen LogP contribution in [0.4, 0.5) is 8.78 Å². The number of nitrogens with zero attached hydrogens (tertiary/aromatic N) is 1. The van der Waals surface area contributed by atoms with Crippen LogP contribution in [0.15, 0.2) is 91.1 Å². The van der Waals surface area contributed by atoms with Crippen LogP contribution in [0.2, 0.25) is 0 Å². The van der Waals surface area contributed by atoms with Gasteiger partial charge in [0.15, 0.2) is 0 Å². The molecule has 0 aliphatic carbocycles. The van der Waals surface area contributed by atoms with Crippen molar-refractivity contribution in [3.8, 4) is 16.9 Å². The smallest absolute Gasteiger partial charge is 0.252 e. The number of fused-ring (bicyclic) bond motifs is 1. The molecule has 0 spiro atoms. The van der Waals surface area contributed by atoms with Crippen LogP contribution in [0, 0.1) is 11.6 Å². The maximum absolute atomic E-state index is 13.4. The van der Waals surface area contributed by atoms with Crippen LogP contribution in [-0.4, -0.2) is 17.5 Å². The van der Waals surface area contributed by atoms with Gasteiger partial charge < -0.3 is 10.1 Å². The van der Waals surface area contributed by atoms with Gasteiger partial charge in [0.05, 0.1) is 6.61 Å². The summed E-state index contributed by atoms with van der Waals surface area (Å²) < 4.78 is 32.5. The molecule has 4 nitrogen and oxygen atoms in total. The van der Waals surface area contributed by atoms with E-state index >= 15 is 0 Å². The van der Waals surface area contributed by atoms with Crippen molar-refractivity contribution in [2.75, 3.05) is 6.61 Å². The molecule has 6 heteroatoms. The van der Waals surface area contributed by atoms with Crippen LogP contribution in [0.25, 0.3) is 11.1 Å². The number of pyridine rings is 1. The highest BCUT2D eigenvalue weighted by Gasteiger charge is 2.42. The number of carbonyl (C=O) groups is 1. The summed E-state index contributed by atoms with van der Waals surface area (Å²) in [5, 5.41) is 3.15. The maximum Gasteiger partial charge on any atom is 0.252 e. The molecule has 0 saturated carbocycles. The zero-order valence-corrected chi connectivity index (χ0v) is 17.6. The minimum absolute atomic E-state index is 0.289. The van der Waals surface area contributed by atoms with Gasteiger partial charge in [-0.25, -0.2) is 8.78 Å². The second kappa shape index (κ2) is 8.47. The zero-order chi connectivity index (χ0) is 22.8. The molecule has 1 atom stereocenters. The summed E-state index contributed by atoms with van der Waals surface area (Å²) >= 11 is 0. The van der Waals surface area contributed by atoms with E-state index in [9.17, 15) is 13.6 Å². The Kier molecular flexibility index (Phi) is 5.34. The van der Waals surface area contributed by atoms with Crippen LogP contribution >= 0.6 is 0 Å². The van der Waals surface area contributed by atoms with E-state index in [1.165, 1.54) is 36.4 Å². The Labute approximate surface area is 189 Å². The Bertz CT molecular complexity index is 1290. The van der Waals surface area contributed by atoms with Crippen molar-refractivity contribution in [3.63, 3.8) is 0 Å². The summed E-state index contributed by atoms with van der Waals surface area (Å²) in [6, 6.07) is 23.1. The lowest BCUT2D eigenvalue weighted by atomic mass is 9.80. The van der Waals surface area contributed by atoms with E-state index in [1.54, 1.807) is 24.4 Å². The van der Waals surface area contributed by atoms with Gasteiger partial charge in [0.1, 0.15) is 28.6 Å². The van der Waals surface area contributed by atoms with E-state index in [-0.39, 0.29) is 11.7 Å². The largest absolute Gasteiger partial charge is 0.491 e. The molecule has 1 aromatic heterocycles. The highest BCUT2D eigenvalue weighted by atomic mass is 19.1. The number of rotatable bonds is 4. The third-order valence-corrected chi connectivity index (χ3v) is 5.90. The molecule has 0 unspecified atom stereocenters. The SMILES string of the molecule is O=C(N[C@]1(c2ccc(-c3ccc(F)cc3)cc2)CCOc2cccnc21)c1ccc(F)cc1. The standard InChI is InChI=1S/C27H20F2N2O2/c28-22-11-5-19(6-12-22)18-3-9-21(10-4-18)27(15-17-33-24-2-1-16-30-25(24)27)31-26(32)20-7-13-23(29)14-8-20/h1-14,16H,15,17H2,(H,31,32)/t27-/m0/s1. The third kappa shape index (κ3) is 3.96.